The summed E-state index contributed by atoms with van der Waals surface area (Å²) in [7, 11) is -3.44. The maximum Gasteiger partial charge on any atom is 0.209 e. The molecule has 128 valence electrons. The van der Waals surface area contributed by atoms with Gasteiger partial charge in [0.25, 0.3) is 0 Å². The molecule has 0 unspecified atom stereocenters. The predicted molar refractivity (Wildman–Crippen MR) is 97.8 cm³/mol. The summed E-state index contributed by atoms with van der Waals surface area (Å²) in [6, 6.07) is 15.5. The van der Waals surface area contributed by atoms with Crippen molar-refractivity contribution in [3.8, 4) is 0 Å². The monoisotopic (exact) mass is 384 g/mol. The smallest absolute Gasteiger partial charge is 0.209 e. The van der Waals surface area contributed by atoms with Gasteiger partial charge in [0.15, 0.2) is 0 Å². The Kier molecular flexibility index (Phi) is 5.18. The van der Waals surface area contributed by atoms with Crippen LogP contribution in [-0.2, 0) is 10.0 Å². The first kappa shape index (κ1) is 17.7. The first-order valence-corrected chi connectivity index (χ1v) is 10.0. The number of likely N-dealkylation sites (tertiary alicyclic amines) is 1. The fourth-order valence-electron chi connectivity index (χ4n) is 3.16. The Hall–Kier alpha value is -1.11. The second-order valence-corrected chi connectivity index (χ2v) is 8.69. The number of nitrogens with zero attached hydrogens (tertiary/aromatic N) is 1. The summed E-state index contributed by atoms with van der Waals surface area (Å²) < 4.78 is 22.5. The van der Waals surface area contributed by atoms with Gasteiger partial charge in [0, 0.05) is 23.1 Å². The number of rotatable bonds is 5. The van der Waals surface area contributed by atoms with Gasteiger partial charge in [-0.05, 0) is 41.3 Å². The third kappa shape index (κ3) is 4.29. The first-order valence-electron chi connectivity index (χ1n) is 7.57. The van der Waals surface area contributed by atoms with Gasteiger partial charge < -0.3 is 0 Å². The van der Waals surface area contributed by atoms with Gasteiger partial charge in [-0.3, -0.25) is 4.90 Å². The van der Waals surface area contributed by atoms with Gasteiger partial charge in [-0.15, -0.1) is 0 Å². The Morgan fingerprint density at radius 3 is 1.75 bits per heavy atom. The summed E-state index contributed by atoms with van der Waals surface area (Å²) in [5.41, 5.74) is 2.21. The van der Waals surface area contributed by atoms with E-state index in [0.29, 0.717) is 23.1 Å². The molecule has 2 aromatic carbocycles. The molecular weight excluding hydrogens is 367 g/mol. The van der Waals surface area contributed by atoms with Crippen LogP contribution in [0.15, 0.2) is 48.5 Å². The van der Waals surface area contributed by atoms with Gasteiger partial charge in [0.2, 0.25) is 10.0 Å². The summed E-state index contributed by atoms with van der Waals surface area (Å²) >= 11 is 12.0. The van der Waals surface area contributed by atoms with Crippen LogP contribution >= 0.6 is 23.2 Å². The number of benzene rings is 2. The zero-order chi connectivity index (χ0) is 17.3. The molecular formula is C17H18Cl2N2O2S. The largest absolute Gasteiger partial charge is 0.292 e. The van der Waals surface area contributed by atoms with Gasteiger partial charge >= 0.3 is 0 Å². The molecule has 2 N–H and O–H groups in total. The minimum Gasteiger partial charge on any atom is -0.292 e. The second kappa shape index (κ2) is 7.02. The molecule has 0 amide bonds. The average Bonchev–Trinajstić information content (AvgIpc) is 2.47. The maximum atomic E-state index is 11.3. The van der Waals surface area contributed by atoms with Crippen molar-refractivity contribution in [1.29, 1.82) is 0 Å². The van der Waals surface area contributed by atoms with E-state index in [1.54, 1.807) is 0 Å². The molecule has 0 aliphatic carbocycles. The van der Waals surface area contributed by atoms with E-state index in [-0.39, 0.29) is 17.7 Å². The van der Waals surface area contributed by atoms with Crippen molar-refractivity contribution in [2.45, 2.75) is 6.04 Å². The lowest BCUT2D eigenvalue weighted by atomic mass is 9.91. The van der Waals surface area contributed by atoms with Crippen molar-refractivity contribution in [3.63, 3.8) is 0 Å². The highest BCUT2D eigenvalue weighted by Gasteiger charge is 2.35. The molecule has 1 aliphatic rings. The fraction of sp³-hybridized carbons (Fsp3) is 0.294. The molecule has 0 aromatic heterocycles. The van der Waals surface area contributed by atoms with Crippen molar-refractivity contribution in [1.82, 2.24) is 4.90 Å². The van der Waals surface area contributed by atoms with Crippen LogP contribution in [0, 0.1) is 5.92 Å². The number of hydrogen-bond donors (Lipinski definition) is 1. The Bertz CT molecular complexity index is 756. The van der Waals surface area contributed by atoms with E-state index in [4.69, 9.17) is 28.3 Å². The number of halogens is 2. The van der Waals surface area contributed by atoms with E-state index < -0.39 is 10.0 Å². The number of hydrogen-bond acceptors (Lipinski definition) is 3. The molecule has 0 atom stereocenters. The van der Waals surface area contributed by atoms with Gasteiger partial charge in [-0.2, -0.15) is 0 Å². The van der Waals surface area contributed by atoms with Gasteiger partial charge in [-0.25, -0.2) is 13.6 Å². The van der Waals surface area contributed by atoms with Crippen LogP contribution in [0.1, 0.15) is 17.2 Å². The lowest BCUT2D eigenvalue weighted by Gasteiger charge is -2.44. The third-order valence-electron chi connectivity index (χ3n) is 4.19. The van der Waals surface area contributed by atoms with E-state index in [9.17, 15) is 8.42 Å². The van der Waals surface area contributed by atoms with Crippen LogP contribution in [0.3, 0.4) is 0 Å². The van der Waals surface area contributed by atoms with Crippen LogP contribution in [0.5, 0.6) is 0 Å². The Labute approximate surface area is 152 Å². The minimum absolute atomic E-state index is 0.0253. The molecule has 3 rings (SSSR count). The topological polar surface area (TPSA) is 63.4 Å². The zero-order valence-electron chi connectivity index (χ0n) is 12.9. The molecule has 0 spiro atoms. The molecule has 1 aliphatic heterocycles. The van der Waals surface area contributed by atoms with E-state index in [1.807, 2.05) is 48.5 Å². The summed E-state index contributed by atoms with van der Waals surface area (Å²) in [5, 5.41) is 6.52. The SMILES string of the molecule is NS(=O)(=O)CC1CN(C(c2ccc(Cl)cc2)c2ccc(Cl)cc2)C1. The summed E-state index contributed by atoms with van der Waals surface area (Å²) in [6.45, 7) is 1.37. The van der Waals surface area contributed by atoms with Crippen LogP contribution < -0.4 is 5.14 Å². The highest BCUT2D eigenvalue weighted by atomic mass is 35.5. The van der Waals surface area contributed by atoms with E-state index in [1.165, 1.54) is 0 Å². The molecule has 7 heteroatoms. The maximum absolute atomic E-state index is 11.3. The molecule has 1 heterocycles. The van der Waals surface area contributed by atoms with Crippen molar-refractivity contribution in [2.75, 3.05) is 18.8 Å². The molecule has 24 heavy (non-hydrogen) atoms. The molecule has 2 aromatic rings. The van der Waals surface area contributed by atoms with Gasteiger partial charge in [0.05, 0.1) is 11.8 Å². The summed E-state index contributed by atoms with van der Waals surface area (Å²) in [4.78, 5) is 2.24. The predicted octanol–water partition coefficient (Wildman–Crippen LogP) is 3.30. The van der Waals surface area contributed by atoms with Crippen molar-refractivity contribution in [3.05, 3.63) is 69.7 Å². The van der Waals surface area contributed by atoms with E-state index in [2.05, 4.69) is 4.90 Å². The third-order valence-corrected chi connectivity index (χ3v) is 5.63. The molecule has 1 saturated heterocycles. The van der Waals surface area contributed by atoms with Crippen molar-refractivity contribution < 1.29 is 8.42 Å². The highest BCUT2D eigenvalue weighted by Crippen LogP contribution is 2.35. The molecule has 1 fully saturated rings. The number of nitrogens with two attached hydrogens (primary N) is 1. The number of sulfonamides is 1. The fourth-order valence-corrected chi connectivity index (χ4v) is 4.28. The Morgan fingerprint density at radius 1 is 0.958 bits per heavy atom. The van der Waals surface area contributed by atoms with Gasteiger partial charge in [-0.1, -0.05) is 47.5 Å². The molecule has 0 radical (unpaired) electrons. The minimum atomic E-state index is -3.44. The van der Waals surface area contributed by atoms with E-state index >= 15 is 0 Å². The summed E-state index contributed by atoms with van der Waals surface area (Å²) in [5.74, 6) is 0.0966. The van der Waals surface area contributed by atoms with Crippen molar-refractivity contribution in [2.24, 2.45) is 11.1 Å². The lowest BCUT2D eigenvalue weighted by Crippen LogP contribution is -2.51. The molecule has 0 saturated carbocycles. The number of primary sulfonamides is 1. The van der Waals surface area contributed by atoms with Crippen LogP contribution in [0.4, 0.5) is 0 Å². The van der Waals surface area contributed by atoms with Crippen LogP contribution in [0.25, 0.3) is 0 Å². The second-order valence-electron chi connectivity index (χ2n) is 6.16. The zero-order valence-corrected chi connectivity index (χ0v) is 15.2. The molecule has 4 nitrogen and oxygen atoms in total. The van der Waals surface area contributed by atoms with Crippen LogP contribution in [0.2, 0.25) is 10.0 Å². The van der Waals surface area contributed by atoms with Gasteiger partial charge in [0.1, 0.15) is 0 Å². The standard InChI is InChI=1S/C17H18Cl2N2O2S/c18-15-5-1-13(2-6-15)17(14-3-7-16(19)8-4-14)21-9-12(10-21)11-24(20,22)23/h1-8,12,17H,9-11H2,(H2,20,22,23). The van der Waals surface area contributed by atoms with E-state index in [0.717, 1.165) is 11.1 Å². The Balaban J connectivity index is 1.84. The van der Waals surface area contributed by atoms with Crippen LogP contribution in [-0.4, -0.2) is 32.2 Å². The average molecular weight is 385 g/mol. The quantitative estimate of drug-likeness (QED) is 0.859. The van der Waals surface area contributed by atoms with Crippen molar-refractivity contribution >= 4 is 33.2 Å². The normalized spacial score (nSPS) is 16.3. The molecule has 0 bridgehead atoms. The first-order chi connectivity index (χ1) is 11.3. The lowest BCUT2D eigenvalue weighted by molar-refractivity contribution is 0.0812. The highest BCUT2D eigenvalue weighted by molar-refractivity contribution is 7.89. The summed E-state index contributed by atoms with van der Waals surface area (Å²) in [6.07, 6.45) is 0. The Morgan fingerprint density at radius 2 is 1.38 bits per heavy atom.